The van der Waals surface area contributed by atoms with Gasteiger partial charge in [0.05, 0.1) is 0 Å². The zero-order valence-electron chi connectivity index (χ0n) is 10.6. The van der Waals surface area contributed by atoms with Crippen molar-refractivity contribution in [3.63, 3.8) is 0 Å². The second-order valence-electron chi connectivity index (χ2n) is 4.28. The predicted octanol–water partition coefficient (Wildman–Crippen LogP) is 2.28. The largest absolute Gasteiger partial charge is 0.360 e. The van der Waals surface area contributed by atoms with Gasteiger partial charge in [0.2, 0.25) is 0 Å². The summed E-state index contributed by atoms with van der Waals surface area (Å²) in [7, 11) is 0. The third kappa shape index (κ3) is 4.71. The minimum atomic E-state index is -0.352. The number of carbonyl (C=O) groups is 1. The Morgan fingerprint density at radius 2 is 2.06 bits per heavy atom. The number of nitriles is 1. The lowest BCUT2D eigenvalue weighted by molar-refractivity contribution is -0.117. The van der Waals surface area contributed by atoms with E-state index in [1.807, 2.05) is 50.2 Å². The van der Waals surface area contributed by atoms with Crippen molar-refractivity contribution in [2.75, 3.05) is 11.9 Å². The van der Waals surface area contributed by atoms with E-state index in [1.54, 1.807) is 0 Å². The van der Waals surface area contributed by atoms with Crippen LogP contribution in [0.25, 0.3) is 0 Å². The summed E-state index contributed by atoms with van der Waals surface area (Å²) in [6.07, 6.45) is 1.42. The van der Waals surface area contributed by atoms with Crippen LogP contribution in [0.4, 0.5) is 5.69 Å². The first-order chi connectivity index (χ1) is 8.63. The van der Waals surface area contributed by atoms with Crippen molar-refractivity contribution in [1.29, 1.82) is 5.26 Å². The highest BCUT2D eigenvalue weighted by Crippen LogP contribution is 2.05. The molecule has 0 fully saturated rings. The molecule has 1 amide bonds. The Kier molecular flexibility index (Phi) is 5.46. The van der Waals surface area contributed by atoms with Gasteiger partial charge in [-0.15, -0.1) is 0 Å². The number of amides is 1. The van der Waals surface area contributed by atoms with E-state index < -0.39 is 0 Å². The first kappa shape index (κ1) is 13.8. The molecular weight excluding hydrogens is 226 g/mol. The normalized spacial score (nSPS) is 10.9. The lowest BCUT2D eigenvalue weighted by Gasteiger charge is -2.07. The van der Waals surface area contributed by atoms with E-state index in [4.69, 9.17) is 5.26 Å². The summed E-state index contributed by atoms with van der Waals surface area (Å²) in [4.78, 5) is 11.7. The smallest absolute Gasteiger partial charge is 0.263 e. The Bertz CT molecular complexity index is 458. The van der Waals surface area contributed by atoms with Crippen molar-refractivity contribution in [2.45, 2.75) is 13.8 Å². The van der Waals surface area contributed by atoms with Crippen LogP contribution in [-0.4, -0.2) is 12.5 Å². The van der Waals surface area contributed by atoms with E-state index in [9.17, 15) is 4.79 Å². The maximum absolute atomic E-state index is 11.7. The van der Waals surface area contributed by atoms with Crippen molar-refractivity contribution >= 4 is 11.6 Å². The fraction of sp³-hybridized carbons (Fsp3) is 0.286. The third-order valence-corrected chi connectivity index (χ3v) is 2.19. The van der Waals surface area contributed by atoms with E-state index in [0.29, 0.717) is 12.5 Å². The summed E-state index contributed by atoms with van der Waals surface area (Å²) in [6.45, 7) is 4.56. The van der Waals surface area contributed by atoms with Gasteiger partial charge < -0.3 is 10.6 Å². The molecule has 1 aromatic rings. The molecule has 0 heterocycles. The van der Waals surface area contributed by atoms with Gasteiger partial charge in [-0.1, -0.05) is 32.0 Å². The molecule has 0 spiro atoms. The number of hydrogen-bond acceptors (Lipinski definition) is 3. The Labute approximate surface area is 107 Å². The van der Waals surface area contributed by atoms with E-state index in [0.717, 1.165) is 5.69 Å². The van der Waals surface area contributed by atoms with Crippen molar-refractivity contribution in [3.05, 3.63) is 42.1 Å². The maximum Gasteiger partial charge on any atom is 0.263 e. The molecule has 1 aromatic carbocycles. The number of benzene rings is 1. The van der Waals surface area contributed by atoms with Crippen LogP contribution in [0.5, 0.6) is 0 Å². The van der Waals surface area contributed by atoms with E-state index >= 15 is 0 Å². The maximum atomic E-state index is 11.7. The van der Waals surface area contributed by atoms with Gasteiger partial charge >= 0.3 is 0 Å². The lowest BCUT2D eigenvalue weighted by atomic mass is 10.2. The first-order valence-electron chi connectivity index (χ1n) is 5.83. The number of rotatable bonds is 5. The summed E-state index contributed by atoms with van der Waals surface area (Å²) in [5.41, 5.74) is 0.904. The van der Waals surface area contributed by atoms with Crippen LogP contribution in [-0.2, 0) is 4.79 Å². The highest BCUT2D eigenvalue weighted by molar-refractivity contribution is 5.97. The summed E-state index contributed by atoms with van der Waals surface area (Å²) >= 11 is 0. The average Bonchev–Trinajstić information content (AvgIpc) is 2.38. The molecule has 0 aliphatic heterocycles. The molecule has 4 nitrogen and oxygen atoms in total. The van der Waals surface area contributed by atoms with Gasteiger partial charge in [0.1, 0.15) is 11.6 Å². The molecule has 0 unspecified atom stereocenters. The molecule has 0 saturated heterocycles. The molecule has 18 heavy (non-hydrogen) atoms. The molecule has 94 valence electrons. The highest BCUT2D eigenvalue weighted by Gasteiger charge is 2.08. The number of nitrogens with zero attached hydrogens (tertiary/aromatic N) is 1. The summed E-state index contributed by atoms with van der Waals surface area (Å²) < 4.78 is 0. The zero-order valence-corrected chi connectivity index (χ0v) is 10.6. The Balaban J connectivity index is 2.61. The molecule has 4 heteroatoms. The minimum Gasteiger partial charge on any atom is -0.360 e. The molecule has 0 atom stereocenters. The van der Waals surface area contributed by atoms with Gasteiger partial charge in [-0.2, -0.15) is 5.26 Å². The third-order valence-electron chi connectivity index (χ3n) is 2.19. The quantitative estimate of drug-likeness (QED) is 0.616. The molecule has 0 aliphatic carbocycles. The van der Waals surface area contributed by atoms with Crippen molar-refractivity contribution < 1.29 is 4.79 Å². The SMILES string of the molecule is CC(C)CNC(=O)/C(C#N)=C\Nc1ccccc1. The van der Waals surface area contributed by atoms with Crippen LogP contribution < -0.4 is 10.6 Å². The fourth-order valence-electron chi connectivity index (χ4n) is 1.23. The van der Waals surface area contributed by atoms with Crippen molar-refractivity contribution in [2.24, 2.45) is 5.92 Å². The molecule has 0 saturated carbocycles. The molecule has 0 aromatic heterocycles. The van der Waals surface area contributed by atoms with Crippen molar-refractivity contribution in [1.82, 2.24) is 5.32 Å². The second-order valence-corrected chi connectivity index (χ2v) is 4.28. The first-order valence-corrected chi connectivity index (χ1v) is 5.83. The Morgan fingerprint density at radius 1 is 1.39 bits per heavy atom. The molecule has 0 radical (unpaired) electrons. The van der Waals surface area contributed by atoms with Crippen LogP contribution in [0, 0.1) is 17.2 Å². The predicted molar refractivity (Wildman–Crippen MR) is 71.6 cm³/mol. The van der Waals surface area contributed by atoms with Gasteiger partial charge in [0.25, 0.3) is 5.91 Å². The van der Waals surface area contributed by atoms with Gasteiger partial charge in [0, 0.05) is 18.4 Å². The Morgan fingerprint density at radius 3 is 2.61 bits per heavy atom. The highest BCUT2D eigenvalue weighted by atomic mass is 16.1. The fourth-order valence-corrected chi connectivity index (χ4v) is 1.23. The van der Waals surface area contributed by atoms with E-state index in [-0.39, 0.29) is 11.5 Å². The lowest BCUT2D eigenvalue weighted by Crippen LogP contribution is -2.28. The summed E-state index contributed by atoms with van der Waals surface area (Å²) in [5.74, 6) is 0.00519. The summed E-state index contributed by atoms with van der Waals surface area (Å²) in [6, 6.07) is 11.3. The van der Waals surface area contributed by atoms with E-state index in [1.165, 1.54) is 6.20 Å². The Hall–Kier alpha value is -2.28. The van der Waals surface area contributed by atoms with Crippen molar-refractivity contribution in [3.8, 4) is 6.07 Å². The number of para-hydroxylation sites is 1. The zero-order chi connectivity index (χ0) is 13.4. The average molecular weight is 243 g/mol. The molecule has 0 aliphatic rings. The summed E-state index contributed by atoms with van der Waals surface area (Å²) in [5, 5.41) is 14.5. The number of nitrogens with one attached hydrogen (secondary N) is 2. The number of anilines is 1. The molecule has 0 bridgehead atoms. The second kappa shape index (κ2) is 7.13. The molecular formula is C14H17N3O. The van der Waals surface area contributed by atoms with Crippen LogP contribution in [0.15, 0.2) is 42.1 Å². The van der Waals surface area contributed by atoms with Crippen LogP contribution >= 0.6 is 0 Å². The van der Waals surface area contributed by atoms with Crippen LogP contribution in [0.2, 0.25) is 0 Å². The van der Waals surface area contributed by atoms with Gasteiger partial charge in [0.15, 0.2) is 0 Å². The van der Waals surface area contributed by atoms with Gasteiger partial charge in [-0.3, -0.25) is 4.79 Å². The number of carbonyl (C=O) groups excluding carboxylic acids is 1. The number of hydrogen-bond donors (Lipinski definition) is 2. The topological polar surface area (TPSA) is 64.9 Å². The van der Waals surface area contributed by atoms with Gasteiger partial charge in [-0.25, -0.2) is 0 Å². The molecule has 2 N–H and O–H groups in total. The molecule has 1 rings (SSSR count). The van der Waals surface area contributed by atoms with E-state index in [2.05, 4.69) is 10.6 Å². The van der Waals surface area contributed by atoms with Crippen LogP contribution in [0.3, 0.4) is 0 Å². The van der Waals surface area contributed by atoms with Crippen LogP contribution in [0.1, 0.15) is 13.8 Å². The monoisotopic (exact) mass is 243 g/mol. The minimum absolute atomic E-state index is 0.0690. The van der Waals surface area contributed by atoms with Gasteiger partial charge in [-0.05, 0) is 18.1 Å². The standard InChI is InChI=1S/C14H17N3O/c1-11(2)9-17-14(18)12(8-15)10-16-13-6-4-3-5-7-13/h3-7,10-11,16H,9H2,1-2H3,(H,17,18)/b12-10-.